The third-order valence-corrected chi connectivity index (χ3v) is 7.48. The molecule has 0 bridgehead atoms. The summed E-state index contributed by atoms with van der Waals surface area (Å²) >= 11 is 0. The fourth-order valence-corrected chi connectivity index (χ4v) is 5.49. The van der Waals surface area contributed by atoms with Crippen molar-refractivity contribution in [3.8, 4) is 11.7 Å². The number of morpholine rings is 1. The Bertz CT molecular complexity index is 1500. The molecule has 0 amide bonds. The molecule has 206 valence electrons. The van der Waals surface area contributed by atoms with Gasteiger partial charge in [0.05, 0.1) is 24.2 Å². The Hall–Kier alpha value is -4.00. The number of fused-ring (bicyclic) bond motifs is 1. The molecule has 4 heterocycles. The van der Waals surface area contributed by atoms with Gasteiger partial charge in [0.15, 0.2) is 12.1 Å². The van der Waals surface area contributed by atoms with Gasteiger partial charge >= 0.3 is 5.76 Å². The summed E-state index contributed by atoms with van der Waals surface area (Å²) in [5.41, 5.74) is 1.01. The van der Waals surface area contributed by atoms with Crippen molar-refractivity contribution in [3.05, 3.63) is 53.0 Å². The van der Waals surface area contributed by atoms with Crippen molar-refractivity contribution in [2.75, 3.05) is 43.1 Å². The minimum atomic E-state index is -2.78. The lowest BCUT2D eigenvalue weighted by molar-refractivity contribution is 0.122. The van der Waals surface area contributed by atoms with Crippen LogP contribution in [-0.4, -0.2) is 62.0 Å². The van der Waals surface area contributed by atoms with Crippen LogP contribution in [0.2, 0.25) is 0 Å². The van der Waals surface area contributed by atoms with E-state index in [1.807, 2.05) is 0 Å². The Morgan fingerprint density at radius 1 is 1.05 bits per heavy atom. The van der Waals surface area contributed by atoms with Crippen molar-refractivity contribution in [1.82, 2.24) is 24.1 Å². The van der Waals surface area contributed by atoms with Crippen molar-refractivity contribution in [2.45, 2.75) is 38.2 Å². The lowest BCUT2D eigenvalue weighted by Gasteiger charge is -2.30. The highest BCUT2D eigenvalue weighted by Gasteiger charge is 2.27. The first-order valence-corrected chi connectivity index (χ1v) is 13.1. The monoisotopic (exact) mass is 541 g/mol. The van der Waals surface area contributed by atoms with Crippen LogP contribution in [0.5, 0.6) is 5.88 Å². The van der Waals surface area contributed by atoms with Crippen LogP contribution in [0.25, 0.3) is 16.9 Å². The van der Waals surface area contributed by atoms with Gasteiger partial charge in [-0.15, -0.1) is 0 Å². The summed E-state index contributed by atoms with van der Waals surface area (Å²) in [5.74, 6) is 0.500. The van der Waals surface area contributed by atoms with Crippen LogP contribution in [0, 0.1) is 5.92 Å². The molecule has 1 saturated heterocycles. The maximum Gasteiger partial charge on any atom is 0.422 e. The Labute approximate surface area is 222 Å². The van der Waals surface area contributed by atoms with Gasteiger partial charge < -0.3 is 24.5 Å². The third kappa shape index (κ3) is 5.05. The van der Waals surface area contributed by atoms with E-state index < -0.39 is 12.2 Å². The minimum Gasteiger partial charge on any atom is -0.492 e. The molecule has 4 aromatic rings. The van der Waals surface area contributed by atoms with E-state index in [9.17, 15) is 18.7 Å². The maximum absolute atomic E-state index is 14.1. The number of anilines is 2. The average Bonchev–Trinajstić information content (AvgIpc) is 3.52. The first-order chi connectivity index (χ1) is 19.0. The number of nitrogens with one attached hydrogen (secondary N) is 1. The van der Waals surface area contributed by atoms with Crippen LogP contribution in [0.1, 0.15) is 44.0 Å². The molecule has 2 N–H and O–H groups in total. The molecule has 1 aliphatic carbocycles. The van der Waals surface area contributed by atoms with Crippen LogP contribution < -0.4 is 16.0 Å². The lowest BCUT2D eigenvalue weighted by Crippen LogP contribution is -2.37. The Morgan fingerprint density at radius 3 is 2.51 bits per heavy atom. The molecule has 1 aliphatic heterocycles. The molecule has 1 aromatic carbocycles. The normalized spacial score (nSPS) is 20.1. The van der Waals surface area contributed by atoms with Gasteiger partial charge in [-0.05, 0) is 43.7 Å². The standard InChI is InChI=1S/C26H29F2N7O4/c27-23(28)24-30-18-3-1-2-4-19(18)35(24)21-13-20(33-9-11-38-12-10-33)31-25(32-21)29-14-16-5-7-17(8-6-16)34-22(36)15-39-26(34)37/h1-4,13,15-17,23,36H,5-12,14H2,(H,29,31,32). The summed E-state index contributed by atoms with van der Waals surface area (Å²) in [6.45, 7) is 2.95. The van der Waals surface area contributed by atoms with E-state index in [-0.39, 0.29) is 23.7 Å². The van der Waals surface area contributed by atoms with E-state index >= 15 is 0 Å². The first kappa shape index (κ1) is 25.3. The van der Waals surface area contributed by atoms with E-state index in [1.165, 1.54) is 9.13 Å². The van der Waals surface area contributed by atoms with Gasteiger partial charge in [-0.2, -0.15) is 9.97 Å². The number of imidazole rings is 1. The zero-order valence-corrected chi connectivity index (χ0v) is 21.2. The minimum absolute atomic E-state index is 0.109. The number of oxazole rings is 1. The molecule has 11 nitrogen and oxygen atoms in total. The Morgan fingerprint density at radius 2 is 1.79 bits per heavy atom. The second kappa shape index (κ2) is 10.6. The van der Waals surface area contributed by atoms with Crippen molar-refractivity contribution < 1.29 is 23.0 Å². The van der Waals surface area contributed by atoms with Crippen molar-refractivity contribution in [1.29, 1.82) is 0 Å². The second-order valence-corrected chi connectivity index (χ2v) is 9.89. The van der Waals surface area contributed by atoms with Gasteiger partial charge in [0.2, 0.25) is 11.8 Å². The number of benzene rings is 1. The van der Waals surface area contributed by atoms with Crippen LogP contribution in [-0.2, 0) is 4.74 Å². The zero-order chi connectivity index (χ0) is 26.9. The highest BCUT2D eigenvalue weighted by molar-refractivity contribution is 5.78. The molecule has 6 rings (SSSR count). The molecule has 0 radical (unpaired) electrons. The van der Waals surface area contributed by atoms with E-state index in [2.05, 4.69) is 20.2 Å². The maximum atomic E-state index is 14.1. The number of halogens is 2. The molecule has 0 unspecified atom stereocenters. The van der Waals surface area contributed by atoms with Gasteiger partial charge in [0.1, 0.15) is 11.6 Å². The molecule has 0 atom stereocenters. The van der Waals surface area contributed by atoms with Gasteiger partial charge in [-0.25, -0.2) is 23.1 Å². The predicted molar refractivity (Wildman–Crippen MR) is 139 cm³/mol. The number of ether oxygens (including phenoxy) is 1. The predicted octanol–water partition coefficient (Wildman–Crippen LogP) is 3.89. The first-order valence-electron chi connectivity index (χ1n) is 13.1. The van der Waals surface area contributed by atoms with Gasteiger partial charge in [0, 0.05) is 31.7 Å². The van der Waals surface area contributed by atoms with E-state index in [0.29, 0.717) is 61.5 Å². The van der Waals surface area contributed by atoms with E-state index in [1.54, 1.807) is 30.3 Å². The Balaban J connectivity index is 1.26. The molecule has 2 aliphatic rings. The van der Waals surface area contributed by atoms with Crippen molar-refractivity contribution >= 4 is 22.8 Å². The number of hydrogen-bond acceptors (Lipinski definition) is 9. The third-order valence-electron chi connectivity index (χ3n) is 7.48. The summed E-state index contributed by atoms with van der Waals surface area (Å²) < 4.78 is 41.1. The SMILES string of the molecule is O=c1occ(O)n1C1CCC(CNc2nc(N3CCOCC3)cc(-n3c(C(F)F)nc4ccccc43)n2)CC1. The number of rotatable bonds is 7. The average molecular weight is 542 g/mol. The van der Waals surface area contributed by atoms with Crippen LogP contribution in [0.3, 0.4) is 0 Å². The number of aromatic hydroxyl groups is 1. The summed E-state index contributed by atoms with van der Waals surface area (Å²) in [6.07, 6.45) is 1.37. The van der Waals surface area contributed by atoms with Crippen LogP contribution in [0.15, 0.2) is 45.8 Å². The van der Waals surface area contributed by atoms with Crippen molar-refractivity contribution in [3.63, 3.8) is 0 Å². The van der Waals surface area contributed by atoms with Gasteiger partial charge in [0.25, 0.3) is 6.43 Å². The largest absolute Gasteiger partial charge is 0.492 e. The molecular weight excluding hydrogens is 512 g/mol. The molecule has 0 spiro atoms. The van der Waals surface area contributed by atoms with Crippen LogP contribution >= 0.6 is 0 Å². The molecule has 13 heteroatoms. The quantitative estimate of drug-likeness (QED) is 0.359. The number of nitrogens with zero attached hydrogens (tertiary/aromatic N) is 6. The van der Waals surface area contributed by atoms with Crippen LogP contribution in [0.4, 0.5) is 20.5 Å². The molecule has 39 heavy (non-hydrogen) atoms. The molecular formula is C26H29F2N7O4. The summed E-state index contributed by atoms with van der Waals surface area (Å²) in [6, 6.07) is 8.61. The molecule has 2 fully saturated rings. The summed E-state index contributed by atoms with van der Waals surface area (Å²) in [7, 11) is 0. The van der Waals surface area contributed by atoms with E-state index in [4.69, 9.17) is 14.1 Å². The van der Waals surface area contributed by atoms with Crippen molar-refractivity contribution in [2.24, 2.45) is 5.92 Å². The van der Waals surface area contributed by atoms with Gasteiger partial charge in [-0.1, -0.05) is 12.1 Å². The summed E-state index contributed by atoms with van der Waals surface area (Å²) in [5, 5.41) is 13.3. The second-order valence-electron chi connectivity index (χ2n) is 9.89. The molecule has 1 saturated carbocycles. The van der Waals surface area contributed by atoms with E-state index in [0.717, 1.165) is 31.9 Å². The van der Waals surface area contributed by atoms with Gasteiger partial charge in [-0.3, -0.25) is 4.57 Å². The Kier molecular flexibility index (Phi) is 6.90. The summed E-state index contributed by atoms with van der Waals surface area (Å²) in [4.78, 5) is 27.5. The zero-order valence-electron chi connectivity index (χ0n) is 21.2. The fourth-order valence-electron chi connectivity index (χ4n) is 5.49. The highest BCUT2D eigenvalue weighted by Crippen LogP contribution is 2.34. The number of alkyl halides is 2. The smallest absolute Gasteiger partial charge is 0.422 e. The lowest BCUT2D eigenvalue weighted by atomic mass is 9.86. The number of para-hydroxylation sites is 2. The fraction of sp³-hybridized carbons (Fsp3) is 0.462. The highest BCUT2D eigenvalue weighted by atomic mass is 19.3. The number of aromatic nitrogens is 5. The number of hydrogen-bond donors (Lipinski definition) is 2. The molecule has 3 aromatic heterocycles. The topological polar surface area (TPSA) is 123 Å².